The number of rotatable bonds is 5. The molecule has 0 bridgehead atoms. The van der Waals surface area contributed by atoms with E-state index in [9.17, 15) is 19.1 Å². The van der Waals surface area contributed by atoms with E-state index in [0.29, 0.717) is 28.3 Å². The van der Waals surface area contributed by atoms with Crippen LogP contribution in [0.4, 0.5) is 10.1 Å². The molecule has 36 heavy (non-hydrogen) atoms. The Morgan fingerprint density at radius 1 is 0.917 bits per heavy atom. The van der Waals surface area contributed by atoms with E-state index < -0.39 is 23.5 Å². The van der Waals surface area contributed by atoms with Gasteiger partial charge in [0.15, 0.2) is 0 Å². The van der Waals surface area contributed by atoms with E-state index in [1.165, 1.54) is 43.4 Å². The zero-order valence-electron chi connectivity index (χ0n) is 20.8. The topological polar surface area (TPSA) is 76.1 Å². The Morgan fingerprint density at radius 3 is 2.11 bits per heavy atom. The van der Waals surface area contributed by atoms with Crippen LogP contribution in [0.25, 0.3) is 5.76 Å². The summed E-state index contributed by atoms with van der Waals surface area (Å²) in [6.07, 6.45) is 0. The van der Waals surface area contributed by atoms with Crippen molar-refractivity contribution >= 4 is 23.1 Å². The molecular weight excluding hydrogens is 461 g/mol. The minimum atomic E-state index is -0.954. The molecule has 6 nitrogen and oxygen atoms in total. The SMILES string of the molecule is COc1ccc(C2/C(=C(\O)c3cc(C(C)(C)C)ccc3OC)C(=O)C(=O)N2c2ccc(F)cc2)cc1. The lowest BCUT2D eigenvalue weighted by atomic mass is 9.85. The quantitative estimate of drug-likeness (QED) is 0.280. The first-order valence-electron chi connectivity index (χ1n) is 11.5. The standard InChI is InChI=1S/C29H28FNO5/c1-29(2,3)18-8-15-23(36-5)22(16-18)26(32)24-25(17-6-13-21(35-4)14-7-17)31(28(34)27(24)33)20-11-9-19(30)10-12-20/h6-16,25,32H,1-5H3/b26-24+. The minimum absolute atomic E-state index is 0.0844. The van der Waals surface area contributed by atoms with Gasteiger partial charge in [0.1, 0.15) is 23.1 Å². The molecule has 1 saturated heterocycles. The molecule has 186 valence electrons. The molecule has 1 aliphatic heterocycles. The highest BCUT2D eigenvalue weighted by Gasteiger charge is 2.47. The van der Waals surface area contributed by atoms with Gasteiger partial charge < -0.3 is 14.6 Å². The van der Waals surface area contributed by atoms with Gasteiger partial charge in [0.2, 0.25) is 0 Å². The number of benzene rings is 3. The number of hydrogen-bond acceptors (Lipinski definition) is 5. The van der Waals surface area contributed by atoms with Crippen molar-refractivity contribution < 1.29 is 28.6 Å². The van der Waals surface area contributed by atoms with Crippen molar-refractivity contribution in [3.05, 3.63) is 94.8 Å². The summed E-state index contributed by atoms with van der Waals surface area (Å²) in [6, 6.07) is 16.6. The predicted octanol–water partition coefficient (Wildman–Crippen LogP) is 5.77. The molecule has 0 radical (unpaired) electrons. The van der Waals surface area contributed by atoms with Crippen molar-refractivity contribution in [2.75, 3.05) is 19.1 Å². The van der Waals surface area contributed by atoms with Crippen LogP contribution in [0.15, 0.2) is 72.3 Å². The number of ketones is 1. The molecule has 4 rings (SSSR count). The second kappa shape index (κ2) is 9.49. The number of ether oxygens (including phenoxy) is 2. The molecule has 3 aromatic rings. The van der Waals surface area contributed by atoms with Crippen LogP contribution in [-0.2, 0) is 15.0 Å². The van der Waals surface area contributed by atoms with Gasteiger partial charge in [-0.25, -0.2) is 4.39 Å². The van der Waals surface area contributed by atoms with Gasteiger partial charge >= 0.3 is 0 Å². The van der Waals surface area contributed by atoms with Gasteiger partial charge in [-0.2, -0.15) is 0 Å². The summed E-state index contributed by atoms with van der Waals surface area (Å²) in [7, 11) is 3.01. The number of aliphatic hydroxyl groups is 1. The number of aliphatic hydroxyl groups excluding tert-OH is 1. The third-order valence-corrected chi connectivity index (χ3v) is 6.30. The van der Waals surface area contributed by atoms with Gasteiger partial charge in [-0.15, -0.1) is 0 Å². The van der Waals surface area contributed by atoms with E-state index in [0.717, 1.165) is 5.56 Å². The van der Waals surface area contributed by atoms with Gasteiger partial charge in [0.05, 0.1) is 31.4 Å². The maximum atomic E-state index is 13.6. The molecule has 0 saturated carbocycles. The maximum Gasteiger partial charge on any atom is 0.300 e. The van der Waals surface area contributed by atoms with E-state index in [1.807, 2.05) is 26.8 Å². The van der Waals surface area contributed by atoms with E-state index in [-0.39, 0.29) is 16.7 Å². The van der Waals surface area contributed by atoms with E-state index in [2.05, 4.69) is 0 Å². The lowest BCUT2D eigenvalue weighted by molar-refractivity contribution is -0.132. The molecule has 1 atom stereocenters. The average Bonchev–Trinajstić information content (AvgIpc) is 3.13. The number of anilines is 1. The lowest BCUT2D eigenvalue weighted by Gasteiger charge is -2.26. The molecular formula is C29H28FNO5. The molecule has 0 aromatic heterocycles. The van der Waals surface area contributed by atoms with Crippen LogP contribution < -0.4 is 14.4 Å². The average molecular weight is 490 g/mol. The van der Waals surface area contributed by atoms with Crippen LogP contribution in [0.2, 0.25) is 0 Å². The Balaban J connectivity index is 1.98. The van der Waals surface area contributed by atoms with Gasteiger partial charge in [-0.3, -0.25) is 14.5 Å². The number of hydrogen-bond donors (Lipinski definition) is 1. The van der Waals surface area contributed by atoms with Crippen molar-refractivity contribution in [3.8, 4) is 11.5 Å². The Morgan fingerprint density at radius 2 is 1.56 bits per heavy atom. The smallest absolute Gasteiger partial charge is 0.300 e. The Kier molecular flexibility index (Phi) is 6.59. The number of Topliss-reactive ketones (excluding diaryl/α,β-unsaturated/α-hetero) is 1. The van der Waals surface area contributed by atoms with E-state index in [1.54, 1.807) is 36.4 Å². The molecule has 1 fully saturated rings. The molecule has 1 N–H and O–H groups in total. The monoisotopic (exact) mass is 489 g/mol. The summed E-state index contributed by atoms with van der Waals surface area (Å²) in [4.78, 5) is 28.0. The molecule has 0 aliphatic carbocycles. The Labute approximate surface area is 209 Å². The molecule has 3 aromatic carbocycles. The zero-order chi connectivity index (χ0) is 26.2. The van der Waals surface area contributed by atoms with Crippen molar-refractivity contribution in [3.63, 3.8) is 0 Å². The lowest BCUT2D eigenvalue weighted by Crippen LogP contribution is -2.29. The third-order valence-electron chi connectivity index (χ3n) is 6.30. The summed E-state index contributed by atoms with van der Waals surface area (Å²) >= 11 is 0. The number of halogens is 1. The first kappa shape index (κ1) is 25.0. The number of amides is 1. The number of carbonyl (C=O) groups excluding carboxylic acids is 2. The summed E-state index contributed by atoms with van der Waals surface area (Å²) < 4.78 is 24.4. The fourth-order valence-corrected chi connectivity index (χ4v) is 4.31. The second-order valence-corrected chi connectivity index (χ2v) is 9.58. The van der Waals surface area contributed by atoms with Crippen LogP contribution in [0.1, 0.15) is 43.5 Å². The van der Waals surface area contributed by atoms with Crippen molar-refractivity contribution in [2.45, 2.75) is 32.2 Å². The first-order chi connectivity index (χ1) is 17.1. The fraction of sp³-hybridized carbons (Fsp3) is 0.241. The minimum Gasteiger partial charge on any atom is -0.507 e. The number of methoxy groups -OCH3 is 2. The number of nitrogens with zero attached hydrogens (tertiary/aromatic N) is 1. The third kappa shape index (κ3) is 4.44. The second-order valence-electron chi connectivity index (χ2n) is 9.58. The van der Waals surface area contributed by atoms with Crippen LogP contribution in [0.3, 0.4) is 0 Å². The van der Waals surface area contributed by atoms with Crippen LogP contribution in [0.5, 0.6) is 11.5 Å². The molecule has 1 heterocycles. The highest BCUT2D eigenvalue weighted by Crippen LogP contribution is 2.44. The van der Waals surface area contributed by atoms with Gasteiger partial charge in [-0.05, 0) is 65.1 Å². The van der Waals surface area contributed by atoms with Crippen LogP contribution in [0, 0.1) is 5.82 Å². The van der Waals surface area contributed by atoms with Gasteiger partial charge in [0, 0.05) is 5.69 Å². The van der Waals surface area contributed by atoms with E-state index >= 15 is 0 Å². The summed E-state index contributed by atoms with van der Waals surface area (Å²) in [5.41, 5.74) is 1.80. The fourth-order valence-electron chi connectivity index (χ4n) is 4.31. The largest absolute Gasteiger partial charge is 0.507 e. The van der Waals surface area contributed by atoms with Gasteiger partial charge in [-0.1, -0.05) is 39.0 Å². The normalized spacial score (nSPS) is 17.4. The maximum absolute atomic E-state index is 13.6. The van der Waals surface area contributed by atoms with E-state index in [4.69, 9.17) is 9.47 Å². The van der Waals surface area contributed by atoms with Crippen LogP contribution in [-0.4, -0.2) is 31.0 Å². The number of carbonyl (C=O) groups is 2. The summed E-state index contributed by atoms with van der Waals surface area (Å²) in [5, 5.41) is 11.6. The summed E-state index contributed by atoms with van der Waals surface area (Å²) in [6.45, 7) is 6.09. The first-order valence-corrected chi connectivity index (χ1v) is 11.5. The summed E-state index contributed by atoms with van der Waals surface area (Å²) in [5.74, 6) is -1.53. The predicted molar refractivity (Wildman–Crippen MR) is 136 cm³/mol. The molecule has 7 heteroatoms. The molecule has 1 amide bonds. The zero-order valence-corrected chi connectivity index (χ0v) is 20.8. The van der Waals surface area contributed by atoms with Crippen molar-refractivity contribution in [1.29, 1.82) is 0 Å². The van der Waals surface area contributed by atoms with Gasteiger partial charge in [0.25, 0.3) is 11.7 Å². The molecule has 0 spiro atoms. The van der Waals surface area contributed by atoms with Crippen molar-refractivity contribution in [2.24, 2.45) is 0 Å². The van der Waals surface area contributed by atoms with Crippen LogP contribution >= 0.6 is 0 Å². The Hall–Kier alpha value is -4.13. The molecule has 1 unspecified atom stereocenters. The molecule has 1 aliphatic rings. The Bertz CT molecular complexity index is 1340. The van der Waals surface area contributed by atoms with Crippen molar-refractivity contribution in [1.82, 2.24) is 0 Å². The highest BCUT2D eigenvalue weighted by molar-refractivity contribution is 6.51. The highest BCUT2D eigenvalue weighted by atomic mass is 19.1.